The van der Waals surface area contributed by atoms with E-state index < -0.39 is 0 Å². The van der Waals surface area contributed by atoms with Crippen LogP contribution in [0.5, 0.6) is 0 Å². The highest BCUT2D eigenvalue weighted by Gasteiger charge is 2.36. The van der Waals surface area contributed by atoms with Gasteiger partial charge < -0.3 is 10.0 Å². The summed E-state index contributed by atoms with van der Waals surface area (Å²) in [6.45, 7) is 9.06. The fourth-order valence-corrected chi connectivity index (χ4v) is 2.38. The van der Waals surface area contributed by atoms with Crippen molar-refractivity contribution in [2.45, 2.75) is 65.0 Å². The van der Waals surface area contributed by atoms with E-state index in [2.05, 4.69) is 13.8 Å². The predicted molar refractivity (Wildman–Crippen MR) is 65.1 cm³/mol. The first-order valence-electron chi connectivity index (χ1n) is 6.31. The number of hydrogen-bond donors (Lipinski definition) is 1. The Kier molecular flexibility index (Phi) is 4.36. The molecule has 1 N–H and O–H groups in total. The Morgan fingerprint density at radius 2 is 2.12 bits per heavy atom. The van der Waals surface area contributed by atoms with Gasteiger partial charge in [-0.3, -0.25) is 4.79 Å². The largest absolute Gasteiger partial charge is 0.393 e. The number of carbonyl (C=O) groups is 1. The lowest BCUT2D eigenvalue weighted by Gasteiger charge is -2.44. The first kappa shape index (κ1) is 13.5. The number of piperidine rings is 1. The van der Waals surface area contributed by atoms with Crippen molar-refractivity contribution in [3.8, 4) is 0 Å². The van der Waals surface area contributed by atoms with Gasteiger partial charge in [-0.15, -0.1) is 0 Å². The van der Waals surface area contributed by atoms with Crippen LogP contribution < -0.4 is 0 Å². The van der Waals surface area contributed by atoms with Gasteiger partial charge in [0.1, 0.15) is 0 Å². The Bertz CT molecular complexity index is 248. The maximum Gasteiger partial charge on any atom is 0.223 e. The summed E-state index contributed by atoms with van der Waals surface area (Å²) in [6.07, 6.45) is 2.76. The first-order chi connectivity index (χ1) is 7.33. The molecule has 0 aromatic heterocycles. The van der Waals surface area contributed by atoms with Crippen molar-refractivity contribution in [2.75, 3.05) is 6.54 Å². The average Bonchev–Trinajstić information content (AvgIpc) is 2.12. The summed E-state index contributed by atoms with van der Waals surface area (Å²) in [6, 6.07) is 0. The van der Waals surface area contributed by atoms with Gasteiger partial charge in [0.2, 0.25) is 5.91 Å². The van der Waals surface area contributed by atoms with Crippen LogP contribution in [0.15, 0.2) is 0 Å². The molecule has 1 heterocycles. The van der Waals surface area contributed by atoms with Crippen LogP contribution in [0.3, 0.4) is 0 Å². The quantitative estimate of drug-likeness (QED) is 0.803. The molecule has 1 atom stereocenters. The molecule has 1 rings (SSSR count). The number of nitrogens with zero attached hydrogens (tertiary/aromatic N) is 1. The SMILES string of the molecule is CC(C)CCC(=O)N1CCC(O)CC1(C)C. The zero-order chi connectivity index (χ0) is 12.3. The van der Waals surface area contributed by atoms with Crippen LogP contribution in [0.4, 0.5) is 0 Å². The minimum atomic E-state index is -0.246. The number of aliphatic hydroxyl groups is 1. The van der Waals surface area contributed by atoms with Crippen LogP contribution in [-0.2, 0) is 4.79 Å². The van der Waals surface area contributed by atoms with Gasteiger partial charge in [-0.05, 0) is 39.0 Å². The molecule has 1 fully saturated rings. The molecule has 3 heteroatoms. The monoisotopic (exact) mass is 227 g/mol. The van der Waals surface area contributed by atoms with E-state index in [0.29, 0.717) is 25.3 Å². The molecule has 0 saturated carbocycles. The van der Waals surface area contributed by atoms with Crippen molar-refractivity contribution >= 4 is 5.91 Å². The molecule has 3 nitrogen and oxygen atoms in total. The highest BCUT2D eigenvalue weighted by atomic mass is 16.3. The molecule has 1 unspecified atom stereocenters. The molecule has 0 spiro atoms. The summed E-state index contributed by atoms with van der Waals surface area (Å²) in [5.41, 5.74) is -0.189. The second-order valence-corrected chi connectivity index (χ2v) is 5.94. The molecule has 0 radical (unpaired) electrons. The van der Waals surface area contributed by atoms with E-state index in [1.165, 1.54) is 0 Å². The molecule has 1 saturated heterocycles. The van der Waals surface area contributed by atoms with Crippen molar-refractivity contribution < 1.29 is 9.90 Å². The summed E-state index contributed by atoms with van der Waals surface area (Å²) in [5, 5.41) is 9.62. The Balaban J connectivity index is 2.54. The van der Waals surface area contributed by atoms with Crippen LogP contribution in [0.1, 0.15) is 53.4 Å². The van der Waals surface area contributed by atoms with Crippen LogP contribution in [-0.4, -0.2) is 34.1 Å². The molecule has 0 aliphatic carbocycles. The molecule has 1 amide bonds. The van der Waals surface area contributed by atoms with Crippen molar-refractivity contribution in [3.63, 3.8) is 0 Å². The van der Waals surface area contributed by atoms with E-state index in [1.54, 1.807) is 0 Å². The normalized spacial score (nSPS) is 24.9. The summed E-state index contributed by atoms with van der Waals surface area (Å²) < 4.78 is 0. The second-order valence-electron chi connectivity index (χ2n) is 5.94. The predicted octanol–water partition coefficient (Wildman–Crippen LogP) is 2.18. The summed E-state index contributed by atoms with van der Waals surface area (Å²) in [7, 11) is 0. The van der Waals surface area contributed by atoms with Gasteiger partial charge in [0.15, 0.2) is 0 Å². The molecule has 1 aliphatic rings. The molecule has 0 bridgehead atoms. The molecule has 16 heavy (non-hydrogen) atoms. The maximum atomic E-state index is 12.1. The zero-order valence-electron chi connectivity index (χ0n) is 11.0. The van der Waals surface area contributed by atoms with Gasteiger partial charge in [0.05, 0.1) is 6.10 Å². The molecule has 0 aromatic carbocycles. The number of hydrogen-bond acceptors (Lipinski definition) is 2. The third kappa shape index (κ3) is 3.48. The average molecular weight is 227 g/mol. The van der Waals surface area contributed by atoms with E-state index in [0.717, 1.165) is 12.8 Å². The van der Waals surface area contributed by atoms with Gasteiger partial charge in [-0.25, -0.2) is 0 Å². The topological polar surface area (TPSA) is 40.5 Å². The lowest BCUT2D eigenvalue weighted by molar-refractivity contribution is -0.141. The molecular weight excluding hydrogens is 202 g/mol. The number of rotatable bonds is 3. The molecule has 1 aliphatic heterocycles. The van der Waals surface area contributed by atoms with Crippen LogP contribution in [0, 0.1) is 5.92 Å². The minimum absolute atomic E-state index is 0.189. The van der Waals surface area contributed by atoms with E-state index >= 15 is 0 Å². The smallest absolute Gasteiger partial charge is 0.223 e. The number of amides is 1. The van der Waals surface area contributed by atoms with E-state index in [9.17, 15) is 9.90 Å². The van der Waals surface area contributed by atoms with Crippen LogP contribution in [0.2, 0.25) is 0 Å². The Morgan fingerprint density at radius 3 is 2.62 bits per heavy atom. The standard InChI is InChI=1S/C13H25NO2/c1-10(2)5-6-12(16)14-8-7-11(15)9-13(14,3)4/h10-11,15H,5-9H2,1-4H3. The van der Waals surface area contributed by atoms with E-state index in [1.807, 2.05) is 18.7 Å². The fraction of sp³-hybridized carbons (Fsp3) is 0.923. The van der Waals surface area contributed by atoms with Crippen molar-refractivity contribution in [3.05, 3.63) is 0 Å². The summed E-state index contributed by atoms with van der Waals surface area (Å²) in [5.74, 6) is 0.813. The van der Waals surface area contributed by atoms with Crippen molar-refractivity contribution in [2.24, 2.45) is 5.92 Å². The van der Waals surface area contributed by atoms with Gasteiger partial charge in [-0.2, -0.15) is 0 Å². The lowest BCUT2D eigenvalue weighted by atomic mass is 9.88. The van der Waals surface area contributed by atoms with Gasteiger partial charge >= 0.3 is 0 Å². The highest BCUT2D eigenvalue weighted by molar-refractivity contribution is 5.77. The fourth-order valence-electron chi connectivity index (χ4n) is 2.38. The van der Waals surface area contributed by atoms with E-state index in [-0.39, 0.29) is 17.6 Å². The third-order valence-corrected chi connectivity index (χ3v) is 3.39. The minimum Gasteiger partial charge on any atom is -0.393 e. The number of carbonyl (C=O) groups excluding carboxylic acids is 1. The van der Waals surface area contributed by atoms with Gasteiger partial charge in [0, 0.05) is 18.5 Å². The Morgan fingerprint density at radius 1 is 1.50 bits per heavy atom. The van der Waals surface area contributed by atoms with Crippen molar-refractivity contribution in [1.29, 1.82) is 0 Å². The molecule has 94 valence electrons. The second kappa shape index (κ2) is 5.17. The number of likely N-dealkylation sites (tertiary alicyclic amines) is 1. The molecular formula is C13H25NO2. The van der Waals surface area contributed by atoms with E-state index in [4.69, 9.17) is 0 Å². The van der Waals surface area contributed by atoms with Gasteiger partial charge in [-0.1, -0.05) is 13.8 Å². The van der Waals surface area contributed by atoms with Crippen LogP contribution in [0.25, 0.3) is 0 Å². The lowest BCUT2D eigenvalue weighted by Crippen LogP contribution is -2.54. The van der Waals surface area contributed by atoms with Gasteiger partial charge in [0.25, 0.3) is 0 Å². The molecule has 0 aromatic rings. The summed E-state index contributed by atoms with van der Waals surface area (Å²) in [4.78, 5) is 14.0. The number of aliphatic hydroxyl groups excluding tert-OH is 1. The summed E-state index contributed by atoms with van der Waals surface area (Å²) >= 11 is 0. The third-order valence-electron chi connectivity index (χ3n) is 3.39. The first-order valence-corrected chi connectivity index (χ1v) is 6.31. The maximum absolute atomic E-state index is 12.1. The van der Waals surface area contributed by atoms with Crippen molar-refractivity contribution in [1.82, 2.24) is 4.90 Å². The Hall–Kier alpha value is -0.570. The highest BCUT2D eigenvalue weighted by Crippen LogP contribution is 2.28. The van der Waals surface area contributed by atoms with Crippen LogP contribution >= 0.6 is 0 Å². The zero-order valence-corrected chi connectivity index (χ0v) is 11.0. The Labute approximate surface area is 98.8 Å².